The molecule has 0 bridgehead atoms. The molecular formula is C17H24N2O3S. The van der Waals surface area contributed by atoms with Gasteiger partial charge in [0.2, 0.25) is 5.91 Å². The monoisotopic (exact) mass is 336 g/mol. The first-order chi connectivity index (χ1) is 11.2. The van der Waals surface area contributed by atoms with Crippen LogP contribution in [0, 0.1) is 5.41 Å². The smallest absolute Gasteiger partial charge is 0.263 e. The van der Waals surface area contributed by atoms with Crippen LogP contribution in [0.25, 0.3) is 0 Å². The van der Waals surface area contributed by atoms with E-state index >= 15 is 0 Å². The predicted octanol–water partition coefficient (Wildman–Crippen LogP) is 2.24. The van der Waals surface area contributed by atoms with Gasteiger partial charge in [0.15, 0.2) is 0 Å². The number of rotatable bonds is 4. The van der Waals surface area contributed by atoms with E-state index in [-0.39, 0.29) is 17.2 Å². The molecule has 0 N–H and O–H groups in total. The van der Waals surface area contributed by atoms with Gasteiger partial charge in [0.05, 0.1) is 16.9 Å². The molecule has 2 saturated heterocycles. The predicted molar refractivity (Wildman–Crippen MR) is 89.6 cm³/mol. The van der Waals surface area contributed by atoms with E-state index in [1.165, 1.54) is 11.3 Å². The van der Waals surface area contributed by atoms with Gasteiger partial charge >= 0.3 is 0 Å². The first-order valence-electron chi connectivity index (χ1n) is 8.27. The number of likely N-dealkylation sites (tertiary alicyclic amines) is 2. The molecule has 2 amide bonds. The van der Waals surface area contributed by atoms with Crippen molar-refractivity contribution in [2.45, 2.75) is 25.7 Å². The molecule has 0 saturated carbocycles. The van der Waals surface area contributed by atoms with Gasteiger partial charge in [0.1, 0.15) is 0 Å². The Kier molecular flexibility index (Phi) is 5.02. The Morgan fingerprint density at radius 2 is 2.13 bits per heavy atom. The molecule has 126 valence electrons. The summed E-state index contributed by atoms with van der Waals surface area (Å²) in [4.78, 5) is 30.0. The third kappa shape index (κ3) is 3.28. The van der Waals surface area contributed by atoms with Gasteiger partial charge < -0.3 is 14.5 Å². The van der Waals surface area contributed by atoms with Gasteiger partial charge in [-0.1, -0.05) is 6.07 Å². The summed E-state index contributed by atoms with van der Waals surface area (Å²) in [6.07, 6.45) is 3.49. The third-order valence-corrected chi connectivity index (χ3v) is 5.99. The number of thiophene rings is 1. The van der Waals surface area contributed by atoms with Crippen LogP contribution in [0.4, 0.5) is 0 Å². The highest BCUT2D eigenvalue weighted by Crippen LogP contribution is 2.41. The maximum absolute atomic E-state index is 12.8. The summed E-state index contributed by atoms with van der Waals surface area (Å²) in [5.74, 6) is 0.374. The van der Waals surface area contributed by atoms with Gasteiger partial charge in [-0.25, -0.2) is 0 Å². The van der Waals surface area contributed by atoms with Crippen molar-refractivity contribution in [1.29, 1.82) is 0 Å². The molecule has 2 aliphatic heterocycles. The van der Waals surface area contributed by atoms with Gasteiger partial charge in [-0.3, -0.25) is 9.59 Å². The van der Waals surface area contributed by atoms with Crippen LogP contribution in [0.5, 0.6) is 0 Å². The van der Waals surface area contributed by atoms with Crippen LogP contribution in [0.1, 0.15) is 35.4 Å². The maximum atomic E-state index is 12.8. The zero-order valence-electron chi connectivity index (χ0n) is 13.6. The number of carbonyl (C=O) groups is 2. The lowest BCUT2D eigenvalue weighted by Gasteiger charge is -2.26. The second-order valence-electron chi connectivity index (χ2n) is 6.44. The number of nitrogens with zero attached hydrogens (tertiary/aromatic N) is 2. The van der Waals surface area contributed by atoms with Crippen LogP contribution in [0.15, 0.2) is 17.5 Å². The van der Waals surface area contributed by atoms with Gasteiger partial charge in [0.25, 0.3) is 5.91 Å². The molecule has 1 spiro atoms. The minimum atomic E-state index is -0.252. The largest absolute Gasteiger partial charge is 0.383 e. The lowest BCUT2D eigenvalue weighted by molar-refractivity contribution is -0.137. The van der Waals surface area contributed by atoms with Gasteiger partial charge in [-0.15, -0.1) is 11.3 Å². The summed E-state index contributed by atoms with van der Waals surface area (Å²) in [5, 5.41) is 1.93. The summed E-state index contributed by atoms with van der Waals surface area (Å²) in [6.45, 7) is 3.52. The topological polar surface area (TPSA) is 49.9 Å². The van der Waals surface area contributed by atoms with Crippen LogP contribution in [-0.2, 0) is 9.53 Å². The molecule has 1 aromatic heterocycles. The van der Waals surface area contributed by atoms with Gasteiger partial charge in [-0.2, -0.15) is 0 Å². The fourth-order valence-corrected chi connectivity index (χ4v) is 4.42. The maximum Gasteiger partial charge on any atom is 0.263 e. The Balaban J connectivity index is 1.64. The quantitative estimate of drug-likeness (QED) is 0.847. The molecule has 1 unspecified atom stereocenters. The average molecular weight is 336 g/mol. The lowest BCUT2D eigenvalue weighted by atomic mass is 9.79. The highest BCUT2D eigenvalue weighted by atomic mass is 32.1. The van der Waals surface area contributed by atoms with Crippen molar-refractivity contribution < 1.29 is 14.3 Å². The number of carbonyl (C=O) groups excluding carboxylic acids is 2. The molecule has 0 aromatic carbocycles. The van der Waals surface area contributed by atoms with E-state index < -0.39 is 0 Å². The molecule has 23 heavy (non-hydrogen) atoms. The Labute approximate surface area is 141 Å². The zero-order valence-corrected chi connectivity index (χ0v) is 14.4. The number of hydrogen-bond acceptors (Lipinski definition) is 4. The van der Waals surface area contributed by atoms with Gasteiger partial charge in [0, 0.05) is 33.3 Å². The lowest BCUT2D eigenvalue weighted by Crippen LogP contribution is -2.37. The van der Waals surface area contributed by atoms with Crippen LogP contribution in [0.2, 0.25) is 0 Å². The summed E-state index contributed by atoms with van der Waals surface area (Å²) in [6, 6.07) is 3.78. The highest BCUT2D eigenvalue weighted by Gasteiger charge is 2.47. The van der Waals surface area contributed by atoms with E-state index in [1.54, 1.807) is 7.11 Å². The van der Waals surface area contributed by atoms with Crippen LogP contribution < -0.4 is 0 Å². The highest BCUT2D eigenvalue weighted by molar-refractivity contribution is 7.12. The SMILES string of the molecule is COCCN1CCC2(CCCN(C(=O)c3cccs3)CC2)C1=O. The van der Waals surface area contributed by atoms with Crippen LogP contribution in [-0.4, -0.2) is 61.5 Å². The Morgan fingerprint density at radius 3 is 2.87 bits per heavy atom. The number of methoxy groups -OCH3 is 1. The van der Waals surface area contributed by atoms with Crippen LogP contribution >= 0.6 is 11.3 Å². The molecular weight excluding hydrogens is 312 g/mol. The van der Waals surface area contributed by atoms with E-state index in [9.17, 15) is 9.59 Å². The van der Waals surface area contributed by atoms with E-state index in [2.05, 4.69) is 0 Å². The molecule has 6 heteroatoms. The molecule has 2 aliphatic rings. The molecule has 1 atom stereocenters. The normalized spacial score (nSPS) is 25.2. The van der Waals surface area contributed by atoms with Gasteiger partial charge in [-0.05, 0) is 37.1 Å². The van der Waals surface area contributed by atoms with E-state index in [1.807, 2.05) is 27.3 Å². The first-order valence-corrected chi connectivity index (χ1v) is 9.15. The van der Waals surface area contributed by atoms with E-state index in [0.717, 1.165) is 43.6 Å². The van der Waals surface area contributed by atoms with Crippen molar-refractivity contribution in [3.63, 3.8) is 0 Å². The molecule has 3 rings (SSSR count). The number of amides is 2. The third-order valence-electron chi connectivity index (χ3n) is 5.13. The minimum absolute atomic E-state index is 0.110. The molecule has 3 heterocycles. The summed E-state index contributed by atoms with van der Waals surface area (Å²) >= 11 is 1.48. The average Bonchev–Trinajstić information content (AvgIpc) is 3.12. The second-order valence-corrected chi connectivity index (χ2v) is 7.39. The van der Waals surface area contributed by atoms with Crippen molar-refractivity contribution >= 4 is 23.2 Å². The Bertz CT molecular complexity index is 560. The molecule has 0 radical (unpaired) electrons. The van der Waals surface area contributed by atoms with Crippen molar-refractivity contribution in [2.75, 3.05) is 39.9 Å². The molecule has 2 fully saturated rings. The minimum Gasteiger partial charge on any atom is -0.383 e. The fourth-order valence-electron chi connectivity index (χ4n) is 3.72. The number of hydrogen-bond donors (Lipinski definition) is 0. The van der Waals surface area contributed by atoms with E-state index in [0.29, 0.717) is 19.7 Å². The standard InChI is InChI=1S/C17H24N2O3S/c1-22-12-11-19-10-7-17(16(19)21)5-3-8-18(9-6-17)15(20)14-4-2-13-23-14/h2,4,13H,3,5-12H2,1H3. The molecule has 1 aromatic rings. The summed E-state index contributed by atoms with van der Waals surface area (Å²) in [7, 11) is 1.66. The Morgan fingerprint density at radius 1 is 1.30 bits per heavy atom. The fraction of sp³-hybridized carbons (Fsp3) is 0.647. The summed E-state index contributed by atoms with van der Waals surface area (Å²) < 4.78 is 5.10. The molecule has 5 nitrogen and oxygen atoms in total. The van der Waals surface area contributed by atoms with Crippen molar-refractivity contribution in [3.05, 3.63) is 22.4 Å². The van der Waals surface area contributed by atoms with Crippen molar-refractivity contribution in [2.24, 2.45) is 5.41 Å². The second kappa shape index (κ2) is 7.01. The van der Waals surface area contributed by atoms with E-state index in [4.69, 9.17) is 4.74 Å². The van der Waals surface area contributed by atoms with Crippen molar-refractivity contribution in [3.8, 4) is 0 Å². The first kappa shape index (κ1) is 16.5. The Hall–Kier alpha value is -1.40. The van der Waals surface area contributed by atoms with Crippen molar-refractivity contribution in [1.82, 2.24) is 9.80 Å². The molecule has 0 aliphatic carbocycles. The number of ether oxygens (including phenoxy) is 1. The summed E-state index contributed by atoms with van der Waals surface area (Å²) in [5.41, 5.74) is -0.252. The zero-order chi connectivity index (χ0) is 16.3. The van der Waals surface area contributed by atoms with Crippen LogP contribution in [0.3, 0.4) is 0 Å².